The summed E-state index contributed by atoms with van der Waals surface area (Å²) < 4.78 is 0. The molecule has 114 valence electrons. The van der Waals surface area contributed by atoms with Gasteiger partial charge in [0, 0.05) is 31.9 Å². The molecule has 0 saturated heterocycles. The molecule has 4 nitrogen and oxygen atoms in total. The molecule has 0 aliphatic rings. The van der Waals surface area contributed by atoms with E-state index in [4.69, 9.17) is 11.6 Å². The maximum absolute atomic E-state index is 10.9. The molecule has 0 aromatic heterocycles. The van der Waals surface area contributed by atoms with Gasteiger partial charge in [-0.25, -0.2) is 0 Å². The summed E-state index contributed by atoms with van der Waals surface area (Å²) in [5.41, 5.74) is 0.469. The summed E-state index contributed by atoms with van der Waals surface area (Å²) in [6.45, 7) is 7.60. The third-order valence-corrected chi connectivity index (χ3v) is 4.43. The van der Waals surface area contributed by atoms with Crippen molar-refractivity contribution in [3.8, 4) is 0 Å². The summed E-state index contributed by atoms with van der Waals surface area (Å²) in [7, 11) is -1.02. The van der Waals surface area contributed by atoms with Crippen LogP contribution in [0, 0.1) is 10.1 Å². The van der Waals surface area contributed by atoms with Crippen LogP contribution in [0.4, 0.5) is 5.69 Å². The lowest BCUT2D eigenvalue weighted by atomic mass is 10.2. The van der Waals surface area contributed by atoms with Crippen molar-refractivity contribution in [2.75, 3.05) is 6.54 Å². The van der Waals surface area contributed by atoms with Crippen LogP contribution in [0.2, 0.25) is 30.7 Å². The summed E-state index contributed by atoms with van der Waals surface area (Å²) in [5.74, 6) is 0. The predicted molar refractivity (Wildman–Crippen MR) is 92.5 cm³/mol. The summed E-state index contributed by atoms with van der Waals surface area (Å²) >= 11 is 5.85. The van der Waals surface area contributed by atoms with Gasteiger partial charge >= 0.3 is 0 Å². The van der Waals surface area contributed by atoms with E-state index in [1.807, 2.05) is 0 Å². The molecule has 0 amide bonds. The Hall–Kier alpha value is -1.46. The number of hydrogen-bond acceptors (Lipinski definition) is 3. The average molecular weight is 325 g/mol. The predicted octanol–water partition coefficient (Wildman–Crippen LogP) is 4.95. The van der Waals surface area contributed by atoms with Gasteiger partial charge in [0.1, 0.15) is 0 Å². The zero-order valence-electron chi connectivity index (χ0n) is 12.7. The van der Waals surface area contributed by atoms with Crippen LogP contribution in [-0.4, -0.2) is 25.8 Å². The molecule has 0 saturated carbocycles. The van der Waals surface area contributed by atoms with Gasteiger partial charge in [0.15, 0.2) is 0 Å². The number of nitro groups is 1. The van der Waals surface area contributed by atoms with Crippen molar-refractivity contribution >= 4 is 31.6 Å². The minimum atomic E-state index is -1.02. The third-order valence-electron chi connectivity index (χ3n) is 2.74. The fourth-order valence-corrected chi connectivity index (χ4v) is 2.72. The number of rotatable bonds is 7. The number of hydrogen-bond donors (Lipinski definition) is 0. The second kappa shape index (κ2) is 8.10. The van der Waals surface area contributed by atoms with Crippen molar-refractivity contribution in [3.63, 3.8) is 0 Å². The van der Waals surface area contributed by atoms with Crippen LogP contribution in [0.1, 0.15) is 12.0 Å². The van der Waals surface area contributed by atoms with Gasteiger partial charge in [-0.3, -0.25) is 15.1 Å². The molecular formula is C15H21ClN2O2Si. The highest BCUT2D eigenvalue weighted by Gasteiger charge is 2.11. The number of halogens is 1. The second-order valence-electron chi connectivity index (χ2n) is 6.02. The molecule has 0 heterocycles. The molecule has 1 aromatic rings. The van der Waals surface area contributed by atoms with Crippen LogP contribution in [0.3, 0.4) is 0 Å². The SMILES string of the molecule is C[Si](C)(C)C/C=C\CCN=Cc1cc(Cl)ccc1[N+](=O)[O-]. The Labute approximate surface area is 131 Å². The monoisotopic (exact) mass is 324 g/mol. The normalized spacial score (nSPS) is 12.4. The van der Waals surface area contributed by atoms with Crippen LogP contribution >= 0.6 is 11.6 Å². The molecule has 0 fully saturated rings. The minimum absolute atomic E-state index is 0.0254. The molecule has 1 rings (SSSR count). The van der Waals surface area contributed by atoms with Crippen LogP contribution < -0.4 is 0 Å². The molecule has 6 heteroatoms. The highest BCUT2D eigenvalue weighted by atomic mass is 35.5. The first-order chi connectivity index (χ1) is 9.79. The molecule has 21 heavy (non-hydrogen) atoms. The number of nitrogens with zero attached hydrogens (tertiary/aromatic N) is 2. The second-order valence-corrected chi connectivity index (χ2v) is 12.0. The molecule has 0 N–H and O–H groups in total. The van der Waals surface area contributed by atoms with E-state index in [0.29, 0.717) is 17.1 Å². The number of aliphatic imine (C=N–C) groups is 1. The zero-order chi connectivity index (χ0) is 15.9. The Morgan fingerprint density at radius 2 is 2.05 bits per heavy atom. The van der Waals surface area contributed by atoms with Gasteiger partial charge in [-0.05, 0) is 24.6 Å². The van der Waals surface area contributed by atoms with Crippen LogP contribution in [0.25, 0.3) is 0 Å². The molecular weight excluding hydrogens is 304 g/mol. The highest BCUT2D eigenvalue weighted by molar-refractivity contribution is 6.76. The van der Waals surface area contributed by atoms with Crippen LogP contribution in [0.15, 0.2) is 35.3 Å². The fraction of sp³-hybridized carbons (Fsp3) is 0.400. The molecule has 0 aliphatic heterocycles. The topological polar surface area (TPSA) is 55.5 Å². The number of benzene rings is 1. The van der Waals surface area contributed by atoms with E-state index in [0.717, 1.165) is 12.5 Å². The standard InChI is InChI=1S/C15H21ClN2O2Si/c1-21(2,3)10-6-4-5-9-17-12-13-11-14(16)7-8-15(13)18(19)20/h4,6-8,11-12H,5,9-10H2,1-3H3/b6-4-,17-12?. The quantitative estimate of drug-likeness (QED) is 0.178. The van der Waals surface area contributed by atoms with Gasteiger partial charge < -0.3 is 0 Å². The van der Waals surface area contributed by atoms with Gasteiger partial charge in [0.2, 0.25) is 0 Å². The summed E-state index contributed by atoms with van der Waals surface area (Å²) in [6.07, 6.45) is 6.71. The number of nitro benzene ring substituents is 1. The van der Waals surface area contributed by atoms with Crippen LogP contribution in [0.5, 0.6) is 0 Å². The summed E-state index contributed by atoms with van der Waals surface area (Å²) in [5, 5.41) is 11.4. The first kappa shape index (κ1) is 17.6. The highest BCUT2D eigenvalue weighted by Crippen LogP contribution is 2.21. The van der Waals surface area contributed by atoms with Gasteiger partial charge in [0.05, 0.1) is 10.5 Å². The molecule has 0 spiro atoms. The van der Waals surface area contributed by atoms with E-state index in [-0.39, 0.29) is 5.69 Å². The van der Waals surface area contributed by atoms with Gasteiger partial charge in [0.25, 0.3) is 5.69 Å². The molecule has 0 radical (unpaired) electrons. The lowest BCUT2D eigenvalue weighted by molar-refractivity contribution is -0.385. The minimum Gasteiger partial charge on any atom is -0.292 e. The molecule has 0 unspecified atom stereocenters. The van der Waals surface area contributed by atoms with Gasteiger partial charge in [-0.15, -0.1) is 0 Å². The maximum atomic E-state index is 10.9. The Bertz CT molecular complexity index is 551. The Morgan fingerprint density at radius 1 is 1.33 bits per heavy atom. The number of allylic oxidation sites excluding steroid dienone is 1. The van der Waals surface area contributed by atoms with E-state index < -0.39 is 13.0 Å². The zero-order valence-corrected chi connectivity index (χ0v) is 14.4. The Morgan fingerprint density at radius 3 is 2.67 bits per heavy atom. The first-order valence-corrected chi connectivity index (χ1v) is 11.0. The van der Waals surface area contributed by atoms with Crippen molar-refractivity contribution in [2.45, 2.75) is 32.1 Å². The van der Waals surface area contributed by atoms with Crippen molar-refractivity contribution in [3.05, 3.63) is 51.1 Å². The molecule has 0 atom stereocenters. The van der Waals surface area contributed by atoms with Crippen molar-refractivity contribution < 1.29 is 4.92 Å². The van der Waals surface area contributed by atoms with Gasteiger partial charge in [-0.2, -0.15) is 0 Å². The Balaban J connectivity index is 2.54. The lowest BCUT2D eigenvalue weighted by Crippen LogP contribution is -2.17. The molecule has 0 bridgehead atoms. The van der Waals surface area contributed by atoms with Crippen LogP contribution in [-0.2, 0) is 0 Å². The van der Waals surface area contributed by atoms with E-state index in [9.17, 15) is 10.1 Å². The first-order valence-electron chi connectivity index (χ1n) is 6.88. The fourth-order valence-electron chi connectivity index (χ4n) is 1.66. The van der Waals surface area contributed by atoms with E-state index >= 15 is 0 Å². The van der Waals surface area contributed by atoms with Crippen molar-refractivity contribution in [1.82, 2.24) is 0 Å². The molecule has 0 aliphatic carbocycles. The summed E-state index contributed by atoms with van der Waals surface area (Å²) in [4.78, 5) is 14.7. The Kier molecular flexibility index (Phi) is 6.78. The smallest absolute Gasteiger partial charge is 0.278 e. The maximum Gasteiger partial charge on any atom is 0.278 e. The lowest BCUT2D eigenvalue weighted by Gasteiger charge is -2.11. The average Bonchev–Trinajstić information content (AvgIpc) is 2.36. The molecule has 1 aromatic carbocycles. The largest absolute Gasteiger partial charge is 0.292 e. The van der Waals surface area contributed by atoms with E-state index in [1.165, 1.54) is 18.3 Å². The van der Waals surface area contributed by atoms with E-state index in [1.54, 1.807) is 6.07 Å². The van der Waals surface area contributed by atoms with Crippen molar-refractivity contribution in [1.29, 1.82) is 0 Å². The van der Waals surface area contributed by atoms with E-state index in [2.05, 4.69) is 36.8 Å². The van der Waals surface area contributed by atoms with Gasteiger partial charge in [-0.1, -0.05) is 43.4 Å². The summed E-state index contributed by atoms with van der Waals surface area (Å²) in [6, 6.07) is 5.63. The van der Waals surface area contributed by atoms with Crippen molar-refractivity contribution in [2.24, 2.45) is 4.99 Å². The third kappa shape index (κ3) is 7.20.